The van der Waals surface area contributed by atoms with Crippen LogP contribution in [0.3, 0.4) is 0 Å². The number of carboxylic acid groups (broad SMARTS) is 1. The fraction of sp³-hybridized carbons (Fsp3) is 0.0909. The Morgan fingerprint density at radius 1 is 0.791 bits per heavy atom. The van der Waals surface area contributed by atoms with Crippen molar-refractivity contribution in [3.05, 3.63) is 126 Å². The van der Waals surface area contributed by atoms with Gasteiger partial charge in [0, 0.05) is 21.8 Å². The van der Waals surface area contributed by atoms with Gasteiger partial charge in [0.05, 0.1) is 17.9 Å². The highest BCUT2D eigenvalue weighted by atomic mass is 32.2. The normalized spacial score (nSPS) is 11.6. The standard InChI is InChI=1S/C33H29N3O6S/c1-21(30(37)34-25-11-6-10-24(19-25)33(40)41)43-28-13-7-12-26(20-28)35-32(39)29(18-22-14-16-27(42-2)17-15-22)36-31(38)23-8-4-3-5-9-23/h3-21H,1-2H3,(H,34,37)(H,35,39)(H,36,38)(H,40,41)/b29-18+. The molecule has 1 unspecified atom stereocenters. The second kappa shape index (κ2) is 14.5. The maximum absolute atomic E-state index is 13.4. The molecule has 4 aromatic rings. The SMILES string of the molecule is COc1ccc(/C=C(/NC(=O)c2ccccc2)C(=O)Nc2cccc(SC(C)C(=O)Nc3cccc(C(=O)O)c3)c2)cc1. The van der Waals surface area contributed by atoms with Crippen molar-refractivity contribution < 1.29 is 29.0 Å². The van der Waals surface area contributed by atoms with Gasteiger partial charge in [-0.15, -0.1) is 11.8 Å². The molecule has 0 bridgehead atoms. The molecule has 9 nitrogen and oxygen atoms in total. The zero-order valence-electron chi connectivity index (χ0n) is 23.4. The first-order chi connectivity index (χ1) is 20.7. The van der Waals surface area contributed by atoms with Gasteiger partial charge < -0.3 is 25.8 Å². The molecular formula is C33H29N3O6S. The van der Waals surface area contributed by atoms with Crippen molar-refractivity contribution in [2.75, 3.05) is 17.7 Å². The number of aromatic carboxylic acids is 1. The minimum Gasteiger partial charge on any atom is -0.497 e. The lowest BCUT2D eigenvalue weighted by atomic mass is 10.1. The number of anilines is 2. The van der Waals surface area contributed by atoms with E-state index in [1.54, 1.807) is 111 Å². The highest BCUT2D eigenvalue weighted by Crippen LogP contribution is 2.27. The first-order valence-electron chi connectivity index (χ1n) is 13.2. The van der Waals surface area contributed by atoms with Crippen LogP contribution in [0.25, 0.3) is 6.08 Å². The van der Waals surface area contributed by atoms with Crippen LogP contribution in [0.2, 0.25) is 0 Å². The predicted molar refractivity (Wildman–Crippen MR) is 167 cm³/mol. The van der Waals surface area contributed by atoms with E-state index in [2.05, 4.69) is 16.0 Å². The molecule has 0 saturated carbocycles. The van der Waals surface area contributed by atoms with Gasteiger partial charge in [-0.05, 0) is 79.2 Å². The molecule has 0 aliphatic rings. The Morgan fingerprint density at radius 2 is 1.44 bits per heavy atom. The zero-order valence-corrected chi connectivity index (χ0v) is 24.2. The number of benzene rings is 4. The quantitative estimate of drug-likeness (QED) is 0.125. The topological polar surface area (TPSA) is 134 Å². The lowest BCUT2D eigenvalue weighted by Gasteiger charge is -2.14. The van der Waals surface area contributed by atoms with Crippen molar-refractivity contribution in [2.24, 2.45) is 0 Å². The van der Waals surface area contributed by atoms with E-state index in [1.165, 1.54) is 23.9 Å². The van der Waals surface area contributed by atoms with Gasteiger partial charge in [-0.2, -0.15) is 0 Å². The fourth-order valence-corrected chi connectivity index (χ4v) is 4.81. The molecule has 4 aromatic carbocycles. The second-order valence-electron chi connectivity index (χ2n) is 9.27. The molecule has 0 heterocycles. The molecule has 1 atom stereocenters. The van der Waals surface area contributed by atoms with Gasteiger partial charge in [0.2, 0.25) is 5.91 Å². The van der Waals surface area contributed by atoms with Crippen LogP contribution in [0.1, 0.15) is 33.2 Å². The summed E-state index contributed by atoms with van der Waals surface area (Å²) in [4.78, 5) is 51.0. The highest BCUT2D eigenvalue weighted by molar-refractivity contribution is 8.00. The molecule has 0 aliphatic carbocycles. The Labute approximate surface area is 253 Å². The molecule has 0 saturated heterocycles. The van der Waals surface area contributed by atoms with E-state index in [9.17, 15) is 24.3 Å². The summed E-state index contributed by atoms with van der Waals surface area (Å²) in [6, 6.07) is 28.6. The van der Waals surface area contributed by atoms with Crippen molar-refractivity contribution in [1.29, 1.82) is 0 Å². The average molecular weight is 596 g/mol. The van der Waals surface area contributed by atoms with Crippen LogP contribution in [-0.2, 0) is 9.59 Å². The maximum Gasteiger partial charge on any atom is 0.335 e. The number of thioether (sulfide) groups is 1. The van der Waals surface area contributed by atoms with E-state index in [-0.39, 0.29) is 17.2 Å². The summed E-state index contributed by atoms with van der Waals surface area (Å²) in [7, 11) is 1.56. The van der Waals surface area contributed by atoms with Gasteiger partial charge in [-0.25, -0.2) is 4.79 Å². The third-order valence-electron chi connectivity index (χ3n) is 6.11. The van der Waals surface area contributed by atoms with E-state index < -0.39 is 23.0 Å². The van der Waals surface area contributed by atoms with Crippen molar-refractivity contribution in [3.8, 4) is 5.75 Å². The molecule has 218 valence electrons. The van der Waals surface area contributed by atoms with Crippen LogP contribution in [0.15, 0.2) is 114 Å². The van der Waals surface area contributed by atoms with Crippen molar-refractivity contribution in [1.82, 2.24) is 5.32 Å². The Bertz CT molecular complexity index is 1660. The molecule has 0 radical (unpaired) electrons. The number of hydrogen-bond donors (Lipinski definition) is 4. The number of methoxy groups -OCH3 is 1. The van der Waals surface area contributed by atoms with Crippen molar-refractivity contribution >= 4 is 52.9 Å². The van der Waals surface area contributed by atoms with Crippen molar-refractivity contribution in [2.45, 2.75) is 17.1 Å². The molecule has 0 spiro atoms. The fourth-order valence-electron chi connectivity index (χ4n) is 3.89. The molecule has 4 N–H and O–H groups in total. The van der Waals surface area contributed by atoms with Crippen LogP contribution in [0.4, 0.5) is 11.4 Å². The first kappa shape index (κ1) is 30.6. The third-order valence-corrected chi connectivity index (χ3v) is 7.20. The van der Waals surface area contributed by atoms with Gasteiger partial charge >= 0.3 is 5.97 Å². The van der Waals surface area contributed by atoms with Crippen LogP contribution >= 0.6 is 11.8 Å². The highest BCUT2D eigenvalue weighted by Gasteiger charge is 2.18. The summed E-state index contributed by atoms with van der Waals surface area (Å²) in [5, 5.41) is 16.9. The monoisotopic (exact) mass is 595 g/mol. The molecular weight excluding hydrogens is 566 g/mol. The number of rotatable bonds is 11. The van der Waals surface area contributed by atoms with Crippen LogP contribution in [0, 0.1) is 0 Å². The summed E-state index contributed by atoms with van der Waals surface area (Å²) >= 11 is 1.27. The van der Waals surface area contributed by atoms with Gasteiger partial charge in [0.1, 0.15) is 11.4 Å². The summed E-state index contributed by atoms with van der Waals surface area (Å²) in [5.74, 6) is -1.71. The Hall–Kier alpha value is -5.35. The summed E-state index contributed by atoms with van der Waals surface area (Å²) in [6.07, 6.45) is 1.57. The Morgan fingerprint density at radius 3 is 2.12 bits per heavy atom. The van der Waals surface area contributed by atoms with Crippen LogP contribution < -0.4 is 20.7 Å². The molecule has 3 amide bonds. The van der Waals surface area contributed by atoms with E-state index in [0.29, 0.717) is 33.1 Å². The largest absolute Gasteiger partial charge is 0.497 e. The second-order valence-corrected chi connectivity index (χ2v) is 10.7. The number of amides is 3. The summed E-state index contributed by atoms with van der Waals surface area (Å²) in [5.41, 5.74) is 2.03. The van der Waals surface area contributed by atoms with Gasteiger partial charge in [0.25, 0.3) is 11.8 Å². The molecule has 43 heavy (non-hydrogen) atoms. The van der Waals surface area contributed by atoms with Gasteiger partial charge in [0.15, 0.2) is 0 Å². The molecule has 0 fully saturated rings. The lowest BCUT2D eigenvalue weighted by molar-refractivity contribution is -0.115. The minimum atomic E-state index is -1.08. The van der Waals surface area contributed by atoms with Crippen LogP contribution in [0.5, 0.6) is 5.75 Å². The summed E-state index contributed by atoms with van der Waals surface area (Å²) < 4.78 is 5.20. The first-order valence-corrected chi connectivity index (χ1v) is 14.0. The molecule has 0 aromatic heterocycles. The number of hydrogen-bond acceptors (Lipinski definition) is 6. The lowest BCUT2D eigenvalue weighted by Crippen LogP contribution is -2.30. The number of carbonyl (C=O) groups excluding carboxylic acids is 3. The molecule has 4 rings (SSSR count). The van der Waals surface area contributed by atoms with Crippen molar-refractivity contribution in [3.63, 3.8) is 0 Å². The smallest absolute Gasteiger partial charge is 0.335 e. The number of nitrogens with one attached hydrogen (secondary N) is 3. The average Bonchev–Trinajstić information content (AvgIpc) is 3.01. The van der Waals surface area contributed by atoms with E-state index in [0.717, 1.165) is 0 Å². The Kier molecular flexibility index (Phi) is 10.3. The number of ether oxygens (including phenoxy) is 1. The maximum atomic E-state index is 13.4. The van der Waals surface area contributed by atoms with Gasteiger partial charge in [-0.3, -0.25) is 14.4 Å². The van der Waals surface area contributed by atoms with E-state index in [4.69, 9.17) is 4.74 Å². The van der Waals surface area contributed by atoms with Crippen LogP contribution in [-0.4, -0.2) is 41.2 Å². The Balaban J connectivity index is 1.47. The van der Waals surface area contributed by atoms with E-state index in [1.807, 2.05) is 0 Å². The number of carbonyl (C=O) groups is 4. The minimum absolute atomic E-state index is 0.0356. The van der Waals surface area contributed by atoms with Gasteiger partial charge in [-0.1, -0.05) is 42.5 Å². The summed E-state index contributed by atoms with van der Waals surface area (Å²) in [6.45, 7) is 1.72. The predicted octanol–water partition coefficient (Wildman–Crippen LogP) is 5.92. The zero-order chi connectivity index (χ0) is 30.8. The third kappa shape index (κ3) is 8.82. The van der Waals surface area contributed by atoms with E-state index >= 15 is 0 Å². The number of carboxylic acids is 1. The molecule has 10 heteroatoms. The molecule has 0 aliphatic heterocycles.